The van der Waals surface area contributed by atoms with Gasteiger partial charge in [0, 0.05) is 0 Å². The van der Waals surface area contributed by atoms with Crippen LogP contribution >= 0.6 is 0 Å². The average Bonchev–Trinajstić information content (AvgIpc) is 2.29. The number of benzene rings is 1. The van der Waals surface area contributed by atoms with E-state index in [4.69, 9.17) is 4.74 Å². The molecule has 2 heteroatoms. The number of methoxy groups -OCH3 is 1. The van der Waals surface area contributed by atoms with Gasteiger partial charge in [-0.15, -0.1) is 0 Å². The first-order valence-corrected chi connectivity index (χ1v) is 5.20. The minimum absolute atomic E-state index is 0.500. The molecule has 0 aliphatic rings. The molecule has 0 aliphatic carbocycles. The molecule has 1 unspecified atom stereocenters. The second kappa shape index (κ2) is 6.25. The SMILES string of the molecule is C/C=C(/OC)C(O)CCc1ccccc1. The number of rotatable bonds is 5. The largest absolute Gasteiger partial charge is 0.499 e. The highest BCUT2D eigenvalue weighted by Crippen LogP contribution is 2.11. The molecular weight excluding hydrogens is 188 g/mol. The third kappa shape index (κ3) is 3.76. The van der Waals surface area contributed by atoms with E-state index >= 15 is 0 Å². The van der Waals surface area contributed by atoms with Gasteiger partial charge in [-0.2, -0.15) is 0 Å². The van der Waals surface area contributed by atoms with Crippen molar-refractivity contribution in [1.82, 2.24) is 0 Å². The first-order chi connectivity index (χ1) is 7.27. The second-order valence-corrected chi connectivity index (χ2v) is 3.44. The number of aryl methyl sites for hydroxylation is 1. The summed E-state index contributed by atoms with van der Waals surface area (Å²) in [6.45, 7) is 1.87. The summed E-state index contributed by atoms with van der Waals surface area (Å²) in [6.07, 6.45) is 2.86. The fourth-order valence-electron chi connectivity index (χ4n) is 1.54. The predicted octanol–water partition coefficient (Wildman–Crippen LogP) is 2.53. The third-order valence-electron chi connectivity index (χ3n) is 2.40. The predicted molar refractivity (Wildman–Crippen MR) is 61.5 cm³/mol. The summed E-state index contributed by atoms with van der Waals surface area (Å²) >= 11 is 0. The highest BCUT2D eigenvalue weighted by molar-refractivity contribution is 5.15. The summed E-state index contributed by atoms with van der Waals surface area (Å²) in [4.78, 5) is 0. The molecule has 1 aromatic carbocycles. The molecule has 1 atom stereocenters. The van der Waals surface area contributed by atoms with Crippen molar-refractivity contribution in [2.45, 2.75) is 25.9 Å². The zero-order chi connectivity index (χ0) is 11.1. The maximum atomic E-state index is 9.78. The number of ether oxygens (including phenoxy) is 1. The van der Waals surface area contributed by atoms with Gasteiger partial charge in [-0.3, -0.25) is 0 Å². The van der Waals surface area contributed by atoms with Crippen LogP contribution in [-0.2, 0) is 11.2 Å². The van der Waals surface area contributed by atoms with Crippen LogP contribution in [0.4, 0.5) is 0 Å². The van der Waals surface area contributed by atoms with Crippen LogP contribution in [0.15, 0.2) is 42.2 Å². The van der Waals surface area contributed by atoms with E-state index in [1.54, 1.807) is 13.2 Å². The summed E-state index contributed by atoms with van der Waals surface area (Å²) in [5.74, 6) is 0.644. The Bertz CT molecular complexity index is 304. The minimum Gasteiger partial charge on any atom is -0.499 e. The Morgan fingerprint density at radius 3 is 2.60 bits per heavy atom. The van der Waals surface area contributed by atoms with E-state index in [1.165, 1.54) is 5.56 Å². The van der Waals surface area contributed by atoms with Crippen molar-refractivity contribution in [3.63, 3.8) is 0 Å². The van der Waals surface area contributed by atoms with E-state index in [-0.39, 0.29) is 0 Å². The number of aliphatic hydroxyl groups is 1. The highest BCUT2D eigenvalue weighted by atomic mass is 16.5. The van der Waals surface area contributed by atoms with Gasteiger partial charge in [-0.1, -0.05) is 30.3 Å². The molecule has 0 heterocycles. The second-order valence-electron chi connectivity index (χ2n) is 3.44. The number of hydrogen-bond acceptors (Lipinski definition) is 2. The van der Waals surface area contributed by atoms with Crippen LogP contribution in [-0.4, -0.2) is 18.3 Å². The number of allylic oxidation sites excluding steroid dienone is 1. The topological polar surface area (TPSA) is 29.5 Å². The van der Waals surface area contributed by atoms with Crippen molar-refractivity contribution in [3.8, 4) is 0 Å². The zero-order valence-electron chi connectivity index (χ0n) is 9.31. The summed E-state index contributed by atoms with van der Waals surface area (Å²) in [5.41, 5.74) is 1.24. The summed E-state index contributed by atoms with van der Waals surface area (Å²) in [7, 11) is 1.58. The van der Waals surface area contributed by atoms with Gasteiger partial charge in [-0.05, 0) is 31.4 Å². The normalized spacial score (nSPS) is 13.7. The van der Waals surface area contributed by atoms with Gasteiger partial charge in [0.1, 0.15) is 11.9 Å². The molecule has 1 rings (SSSR count). The molecule has 0 aromatic heterocycles. The molecule has 82 valence electrons. The first-order valence-electron chi connectivity index (χ1n) is 5.20. The molecule has 0 saturated heterocycles. The molecule has 0 saturated carbocycles. The Labute approximate surface area is 91.2 Å². The van der Waals surface area contributed by atoms with Gasteiger partial charge < -0.3 is 9.84 Å². The maximum Gasteiger partial charge on any atom is 0.120 e. The van der Waals surface area contributed by atoms with Crippen LogP contribution in [0, 0.1) is 0 Å². The lowest BCUT2D eigenvalue weighted by atomic mass is 10.1. The van der Waals surface area contributed by atoms with E-state index in [1.807, 2.05) is 25.1 Å². The smallest absolute Gasteiger partial charge is 0.120 e. The van der Waals surface area contributed by atoms with E-state index in [9.17, 15) is 5.11 Å². The molecule has 2 nitrogen and oxygen atoms in total. The van der Waals surface area contributed by atoms with Crippen molar-refractivity contribution < 1.29 is 9.84 Å². The Balaban J connectivity index is 2.44. The van der Waals surface area contributed by atoms with Crippen LogP contribution < -0.4 is 0 Å². The van der Waals surface area contributed by atoms with Crippen LogP contribution in [0.1, 0.15) is 18.9 Å². The number of hydrogen-bond donors (Lipinski definition) is 1. The van der Waals surface area contributed by atoms with Crippen molar-refractivity contribution >= 4 is 0 Å². The van der Waals surface area contributed by atoms with Gasteiger partial charge in [0.15, 0.2) is 0 Å². The van der Waals surface area contributed by atoms with Gasteiger partial charge in [-0.25, -0.2) is 0 Å². The van der Waals surface area contributed by atoms with Crippen molar-refractivity contribution in [2.24, 2.45) is 0 Å². The number of aliphatic hydroxyl groups excluding tert-OH is 1. The lowest BCUT2D eigenvalue weighted by Crippen LogP contribution is -2.12. The van der Waals surface area contributed by atoms with Crippen LogP contribution in [0.25, 0.3) is 0 Å². The highest BCUT2D eigenvalue weighted by Gasteiger charge is 2.09. The fourth-order valence-corrected chi connectivity index (χ4v) is 1.54. The molecule has 1 N–H and O–H groups in total. The van der Waals surface area contributed by atoms with Gasteiger partial charge in [0.2, 0.25) is 0 Å². The van der Waals surface area contributed by atoms with E-state index < -0.39 is 6.10 Å². The Hall–Kier alpha value is -1.28. The maximum absolute atomic E-state index is 9.78. The average molecular weight is 206 g/mol. The molecule has 0 fully saturated rings. The molecule has 0 bridgehead atoms. The third-order valence-corrected chi connectivity index (χ3v) is 2.40. The van der Waals surface area contributed by atoms with Crippen molar-refractivity contribution in [3.05, 3.63) is 47.7 Å². The van der Waals surface area contributed by atoms with Crippen LogP contribution in [0.3, 0.4) is 0 Å². The molecule has 0 spiro atoms. The van der Waals surface area contributed by atoms with Crippen LogP contribution in [0.5, 0.6) is 0 Å². The van der Waals surface area contributed by atoms with E-state index in [2.05, 4.69) is 12.1 Å². The van der Waals surface area contributed by atoms with Crippen molar-refractivity contribution in [2.75, 3.05) is 7.11 Å². The monoisotopic (exact) mass is 206 g/mol. The summed E-state index contributed by atoms with van der Waals surface area (Å²) < 4.78 is 5.06. The van der Waals surface area contributed by atoms with Crippen molar-refractivity contribution in [1.29, 1.82) is 0 Å². The Morgan fingerprint density at radius 2 is 2.07 bits per heavy atom. The Morgan fingerprint density at radius 1 is 1.40 bits per heavy atom. The standard InChI is InChI=1S/C13H18O2/c1-3-13(15-2)12(14)10-9-11-7-5-4-6-8-11/h3-8,12,14H,9-10H2,1-2H3/b13-3+. The Kier molecular flexibility index (Phi) is 4.91. The molecule has 0 radical (unpaired) electrons. The van der Waals surface area contributed by atoms with Gasteiger partial charge >= 0.3 is 0 Å². The van der Waals surface area contributed by atoms with Gasteiger partial charge in [0.25, 0.3) is 0 Å². The molecule has 0 amide bonds. The molecular formula is C13H18O2. The van der Waals surface area contributed by atoms with Gasteiger partial charge in [0.05, 0.1) is 7.11 Å². The zero-order valence-corrected chi connectivity index (χ0v) is 9.31. The van der Waals surface area contributed by atoms with E-state index in [0.29, 0.717) is 12.2 Å². The van der Waals surface area contributed by atoms with Crippen LogP contribution in [0.2, 0.25) is 0 Å². The lowest BCUT2D eigenvalue weighted by Gasteiger charge is -2.13. The molecule has 1 aromatic rings. The summed E-state index contributed by atoms with van der Waals surface area (Å²) in [5, 5.41) is 9.78. The molecule has 0 aliphatic heterocycles. The van der Waals surface area contributed by atoms with E-state index in [0.717, 1.165) is 6.42 Å². The minimum atomic E-state index is -0.500. The first kappa shape index (κ1) is 11.8. The summed E-state index contributed by atoms with van der Waals surface area (Å²) in [6, 6.07) is 10.1. The fraction of sp³-hybridized carbons (Fsp3) is 0.385. The quantitative estimate of drug-likeness (QED) is 0.750. The lowest BCUT2D eigenvalue weighted by molar-refractivity contribution is 0.121. The molecule has 15 heavy (non-hydrogen) atoms.